The van der Waals surface area contributed by atoms with E-state index in [-0.39, 0.29) is 112 Å². The van der Waals surface area contributed by atoms with Crippen molar-refractivity contribution in [2.75, 3.05) is 21.1 Å². The standard InChI is InChI=1S/3CH5N.9ClH.H6Si2/c3*1-2;;;;;;;;;;1-2/h3*2H2,1H3;9*1H;1-2H3. The molecule has 0 rings (SSSR count). The first-order valence-electron chi connectivity index (χ1n) is 2.73. The van der Waals surface area contributed by atoms with Crippen LogP contribution in [0.15, 0.2) is 0 Å². The van der Waals surface area contributed by atoms with Gasteiger partial charge in [-0.05, 0) is 40.7 Å². The molecule has 0 aliphatic carbocycles. The first-order valence-corrected chi connectivity index (χ1v) is 10.7. The SMILES string of the molecule is CN.CN.CN.Cl.Cl.Cl.Cl.Cl.Cl.Cl.Cl.Cl.[SiH3][SiH3]. The third-order valence-electron chi connectivity index (χ3n) is 0. The number of hydrogen-bond acceptors (Lipinski definition) is 3. The first-order chi connectivity index (χ1) is 4.00. The molecular weight excluding hydrogens is 453 g/mol. The summed E-state index contributed by atoms with van der Waals surface area (Å²) in [5.74, 6) is 0. The van der Waals surface area contributed by atoms with Crippen molar-refractivity contribution in [2.45, 2.75) is 0 Å². The van der Waals surface area contributed by atoms with Gasteiger partial charge >= 0.3 is 0 Å². The molecule has 0 atom stereocenters. The zero-order chi connectivity index (χ0) is 8.00. The van der Waals surface area contributed by atoms with Crippen LogP contribution in [0.2, 0.25) is 0 Å². The van der Waals surface area contributed by atoms with E-state index < -0.39 is 0 Å². The summed E-state index contributed by atoms with van der Waals surface area (Å²) in [6.45, 7) is 0. The lowest BCUT2D eigenvalue weighted by Gasteiger charge is -1.19. The second kappa shape index (κ2) is 711. The first kappa shape index (κ1) is 149. The van der Waals surface area contributed by atoms with Gasteiger partial charge in [-0.1, -0.05) is 0 Å². The number of halogens is 9. The summed E-state index contributed by atoms with van der Waals surface area (Å²) in [5, 5.41) is 0. The second-order valence-electron chi connectivity index (χ2n) is 0. The molecule has 0 aliphatic rings. The number of rotatable bonds is 0. The Morgan fingerprint density at radius 2 is 0.353 bits per heavy atom. The molecule has 6 N–H and O–H groups in total. The van der Waals surface area contributed by atoms with Gasteiger partial charge in [0.15, 0.2) is 0 Å². The molecule has 0 saturated heterocycles. The van der Waals surface area contributed by atoms with Gasteiger partial charge in [-0.2, -0.15) is 0 Å². The summed E-state index contributed by atoms with van der Waals surface area (Å²) in [4.78, 5) is 0. The van der Waals surface area contributed by atoms with Crippen LogP contribution in [-0.4, -0.2) is 40.7 Å². The van der Waals surface area contributed by atoms with E-state index in [1.54, 1.807) is 0 Å². The third kappa shape index (κ3) is 634. The molecule has 3 nitrogen and oxygen atoms in total. The highest BCUT2D eigenvalue weighted by molar-refractivity contribution is 6.75. The van der Waals surface area contributed by atoms with Gasteiger partial charge in [0.25, 0.3) is 0 Å². The fourth-order valence-corrected chi connectivity index (χ4v) is 0. The van der Waals surface area contributed by atoms with Crippen LogP contribution in [0.4, 0.5) is 0 Å². The maximum absolute atomic E-state index is 4.50. The highest BCUT2D eigenvalue weighted by Gasteiger charge is 0.988. The quantitative estimate of drug-likeness (QED) is 0.430. The second-order valence-corrected chi connectivity index (χ2v) is 0. The highest BCUT2D eigenvalue weighted by atomic mass is 35.5. The van der Waals surface area contributed by atoms with Crippen LogP contribution in [0.1, 0.15) is 0 Å². The van der Waals surface area contributed by atoms with Crippen molar-refractivity contribution >= 4 is 131 Å². The van der Waals surface area contributed by atoms with Crippen molar-refractivity contribution in [3.63, 3.8) is 0 Å². The summed E-state index contributed by atoms with van der Waals surface area (Å²) >= 11 is 0. The monoisotopic (exact) mass is 479 g/mol. The van der Waals surface area contributed by atoms with E-state index in [2.05, 4.69) is 17.2 Å². The van der Waals surface area contributed by atoms with E-state index in [1.807, 2.05) is 0 Å². The Kier molecular flexibility index (Phi) is 6230. The molecule has 17 heavy (non-hydrogen) atoms. The zero-order valence-electron chi connectivity index (χ0n) is 10.4. The van der Waals surface area contributed by atoms with E-state index in [0.717, 1.165) is 0 Å². The Hall–Kier alpha value is 2.92. The Labute approximate surface area is 168 Å². The van der Waals surface area contributed by atoms with E-state index in [0.29, 0.717) is 0 Å². The van der Waals surface area contributed by atoms with Gasteiger partial charge in [0, 0.05) is 0 Å². The maximum Gasteiger partial charge on any atom is -0.0125 e. The third-order valence-corrected chi connectivity index (χ3v) is 0. The van der Waals surface area contributed by atoms with E-state index in [4.69, 9.17) is 0 Å². The molecule has 14 heteroatoms. The summed E-state index contributed by atoms with van der Waals surface area (Å²) in [6.07, 6.45) is 0. The van der Waals surface area contributed by atoms with Crippen LogP contribution in [0.5, 0.6) is 0 Å². The predicted octanol–water partition coefficient (Wildman–Crippen LogP) is 0.153. The van der Waals surface area contributed by atoms with Gasteiger partial charge in [-0.15, -0.1) is 112 Å². The Bertz CT molecular complexity index is 29.4. The minimum Gasteiger partial charge on any atom is -0.333 e. The van der Waals surface area contributed by atoms with Crippen LogP contribution in [0.3, 0.4) is 0 Å². The summed E-state index contributed by atoms with van der Waals surface area (Å²) < 4.78 is 0. The summed E-state index contributed by atoms with van der Waals surface area (Å²) in [7, 11) is 7.39. The average molecular weight is 484 g/mol. The Morgan fingerprint density at radius 1 is 0.353 bits per heavy atom. The molecule has 128 valence electrons. The maximum atomic E-state index is 4.50. The lowest BCUT2D eigenvalue weighted by molar-refractivity contribution is 1.48. The molecule has 0 aliphatic heterocycles. The molecule has 0 aromatic heterocycles. The van der Waals surface area contributed by atoms with Crippen LogP contribution in [0, 0.1) is 0 Å². The van der Waals surface area contributed by atoms with Crippen LogP contribution in [-0.2, 0) is 0 Å². The Morgan fingerprint density at radius 3 is 0.353 bits per heavy atom. The number of hydrogen-bond donors (Lipinski definition) is 3. The molecular formula is C3H30Cl9N3Si2. The number of nitrogens with two attached hydrogens (primary N) is 3. The fraction of sp³-hybridized carbons (Fsp3) is 1.00. The van der Waals surface area contributed by atoms with Crippen molar-refractivity contribution in [1.82, 2.24) is 0 Å². The molecule has 0 heterocycles. The summed E-state index contributed by atoms with van der Waals surface area (Å²) in [5.41, 5.74) is 13.5. The van der Waals surface area contributed by atoms with Gasteiger partial charge < -0.3 is 17.2 Å². The van der Waals surface area contributed by atoms with Crippen molar-refractivity contribution in [3.8, 4) is 0 Å². The van der Waals surface area contributed by atoms with Crippen molar-refractivity contribution in [2.24, 2.45) is 17.2 Å². The lowest BCUT2D eigenvalue weighted by atomic mass is 11.6. The molecule has 0 saturated carbocycles. The average Bonchev–Trinajstić information content (AvgIpc) is 2.03. The topological polar surface area (TPSA) is 78.1 Å². The lowest BCUT2D eigenvalue weighted by Crippen LogP contribution is -1.69. The van der Waals surface area contributed by atoms with Gasteiger partial charge in [-0.25, -0.2) is 0 Å². The fourth-order valence-electron chi connectivity index (χ4n) is 0. The smallest absolute Gasteiger partial charge is 0.0125 e. The normalized spacial score (nSPS) is 1.76. The predicted molar refractivity (Wildman–Crippen MR) is 115 cm³/mol. The van der Waals surface area contributed by atoms with Gasteiger partial charge in [0.1, 0.15) is 0 Å². The van der Waals surface area contributed by atoms with Crippen molar-refractivity contribution < 1.29 is 0 Å². The molecule has 0 bridgehead atoms. The van der Waals surface area contributed by atoms with Gasteiger partial charge in [0.2, 0.25) is 0 Å². The molecule has 0 fully saturated rings. The molecule has 0 amide bonds. The molecule has 0 radical (unpaired) electrons. The van der Waals surface area contributed by atoms with E-state index >= 15 is 0 Å². The molecule has 0 aromatic rings. The molecule has 0 aromatic carbocycles. The van der Waals surface area contributed by atoms with Crippen LogP contribution >= 0.6 is 112 Å². The summed E-state index contributed by atoms with van der Waals surface area (Å²) in [6, 6.07) is 0. The minimum absolute atomic E-state index is 0. The van der Waals surface area contributed by atoms with Crippen molar-refractivity contribution in [3.05, 3.63) is 0 Å². The highest BCUT2D eigenvalue weighted by Crippen LogP contribution is 0.698. The van der Waals surface area contributed by atoms with Gasteiger partial charge in [-0.3, -0.25) is 0 Å². The minimum atomic E-state index is 0. The van der Waals surface area contributed by atoms with Crippen molar-refractivity contribution in [1.29, 1.82) is 0 Å². The molecule has 0 spiro atoms. The zero-order valence-corrected chi connectivity index (χ0v) is 21.8. The van der Waals surface area contributed by atoms with E-state index in [1.165, 1.54) is 40.7 Å². The van der Waals surface area contributed by atoms with E-state index in [9.17, 15) is 0 Å². The van der Waals surface area contributed by atoms with Gasteiger partial charge in [0.05, 0.1) is 0 Å². The van der Waals surface area contributed by atoms with Crippen LogP contribution in [0.25, 0.3) is 0 Å². The Balaban J connectivity index is -0.000000000970. The largest absolute Gasteiger partial charge is 0.333 e. The van der Waals surface area contributed by atoms with Crippen LogP contribution < -0.4 is 17.2 Å². The molecule has 0 unspecified atom stereocenters.